The van der Waals surface area contributed by atoms with Crippen molar-refractivity contribution in [3.63, 3.8) is 0 Å². The zero-order valence-electron chi connectivity index (χ0n) is 9.43. The molecular weight excluding hydrogens is 234 g/mol. The molecule has 2 aliphatic rings. The molecule has 0 spiro atoms. The highest BCUT2D eigenvalue weighted by atomic mass is 16.5. The standard InChI is InChI=1S/C13H9NO4/c1-7-4-11(15)14(12(7)16)9-3-2-8-6-18-13(17)10(8)5-9/h2-3,5H,1,4,6H2. The van der Waals surface area contributed by atoms with E-state index < -0.39 is 11.9 Å². The van der Waals surface area contributed by atoms with Crippen LogP contribution < -0.4 is 4.90 Å². The van der Waals surface area contributed by atoms with E-state index in [4.69, 9.17) is 4.74 Å². The Morgan fingerprint density at radius 1 is 1.22 bits per heavy atom. The molecule has 3 rings (SSSR count). The molecule has 2 heterocycles. The Bertz CT molecular complexity index is 617. The van der Waals surface area contributed by atoms with E-state index in [1.165, 1.54) is 6.07 Å². The van der Waals surface area contributed by atoms with Gasteiger partial charge in [0.05, 0.1) is 17.7 Å². The molecule has 0 radical (unpaired) electrons. The van der Waals surface area contributed by atoms with E-state index in [2.05, 4.69) is 6.58 Å². The average Bonchev–Trinajstić information content (AvgIpc) is 2.82. The van der Waals surface area contributed by atoms with Gasteiger partial charge in [-0.1, -0.05) is 12.6 Å². The van der Waals surface area contributed by atoms with Crippen LogP contribution in [0, 0.1) is 0 Å². The number of nitrogens with zero attached hydrogens (tertiary/aromatic N) is 1. The molecule has 18 heavy (non-hydrogen) atoms. The third-order valence-corrected chi connectivity index (χ3v) is 3.05. The fourth-order valence-corrected chi connectivity index (χ4v) is 2.11. The van der Waals surface area contributed by atoms with E-state index >= 15 is 0 Å². The van der Waals surface area contributed by atoms with Crippen LogP contribution in [0.1, 0.15) is 22.3 Å². The van der Waals surface area contributed by atoms with Crippen molar-refractivity contribution in [1.29, 1.82) is 0 Å². The Morgan fingerprint density at radius 3 is 2.67 bits per heavy atom. The molecule has 0 saturated carbocycles. The first kappa shape index (κ1) is 10.7. The number of cyclic esters (lactones) is 1. The van der Waals surface area contributed by atoms with Crippen molar-refractivity contribution < 1.29 is 19.1 Å². The lowest BCUT2D eigenvalue weighted by Gasteiger charge is -2.13. The van der Waals surface area contributed by atoms with Gasteiger partial charge in [-0.05, 0) is 12.1 Å². The zero-order valence-corrected chi connectivity index (χ0v) is 9.43. The molecule has 0 N–H and O–H groups in total. The van der Waals surface area contributed by atoms with Gasteiger partial charge in [-0.3, -0.25) is 9.59 Å². The number of amides is 2. The van der Waals surface area contributed by atoms with E-state index in [1.54, 1.807) is 12.1 Å². The average molecular weight is 243 g/mol. The number of hydrogen-bond acceptors (Lipinski definition) is 4. The number of anilines is 1. The molecule has 0 unspecified atom stereocenters. The minimum atomic E-state index is -0.426. The second kappa shape index (κ2) is 3.53. The smallest absolute Gasteiger partial charge is 0.338 e. The van der Waals surface area contributed by atoms with E-state index in [-0.39, 0.29) is 24.5 Å². The molecule has 90 valence electrons. The van der Waals surface area contributed by atoms with Gasteiger partial charge in [0.15, 0.2) is 0 Å². The summed E-state index contributed by atoms with van der Waals surface area (Å²) in [7, 11) is 0. The van der Waals surface area contributed by atoms with Crippen LogP contribution >= 0.6 is 0 Å². The second-order valence-corrected chi connectivity index (χ2v) is 4.23. The summed E-state index contributed by atoms with van der Waals surface area (Å²) in [5.74, 6) is -1.16. The van der Waals surface area contributed by atoms with Crippen LogP contribution in [0.3, 0.4) is 0 Å². The Kier molecular flexibility index (Phi) is 2.10. The number of imide groups is 1. The number of benzene rings is 1. The molecule has 0 aromatic heterocycles. The molecule has 5 nitrogen and oxygen atoms in total. The molecule has 2 aliphatic heterocycles. The highest BCUT2D eigenvalue weighted by Crippen LogP contribution is 2.29. The molecule has 0 atom stereocenters. The highest BCUT2D eigenvalue weighted by Gasteiger charge is 2.34. The number of carbonyl (C=O) groups excluding carboxylic acids is 3. The van der Waals surface area contributed by atoms with Crippen LogP contribution in [0.2, 0.25) is 0 Å². The lowest BCUT2D eigenvalue weighted by Crippen LogP contribution is -2.29. The number of carbonyl (C=O) groups is 3. The van der Waals surface area contributed by atoms with Gasteiger partial charge >= 0.3 is 5.97 Å². The largest absolute Gasteiger partial charge is 0.457 e. The number of esters is 1. The molecule has 0 aliphatic carbocycles. The first-order chi connectivity index (χ1) is 8.58. The summed E-state index contributed by atoms with van der Waals surface area (Å²) >= 11 is 0. The normalized spacial score (nSPS) is 18.3. The fraction of sp³-hybridized carbons (Fsp3) is 0.154. The van der Waals surface area contributed by atoms with Gasteiger partial charge in [-0.15, -0.1) is 0 Å². The summed E-state index contributed by atoms with van der Waals surface area (Å²) < 4.78 is 4.87. The summed E-state index contributed by atoms with van der Waals surface area (Å²) in [6.45, 7) is 3.78. The van der Waals surface area contributed by atoms with Crippen molar-refractivity contribution in [2.24, 2.45) is 0 Å². The predicted molar refractivity (Wildman–Crippen MR) is 61.8 cm³/mol. The van der Waals surface area contributed by atoms with Gasteiger partial charge in [0.2, 0.25) is 5.91 Å². The quantitative estimate of drug-likeness (QED) is 0.422. The molecule has 1 aromatic rings. The van der Waals surface area contributed by atoms with Crippen molar-refractivity contribution in [3.8, 4) is 0 Å². The minimum Gasteiger partial charge on any atom is -0.457 e. The minimum absolute atomic E-state index is 0.0281. The third kappa shape index (κ3) is 1.37. The van der Waals surface area contributed by atoms with Crippen LogP contribution in [-0.2, 0) is 20.9 Å². The lowest BCUT2D eigenvalue weighted by atomic mass is 10.1. The van der Waals surface area contributed by atoms with Crippen LogP contribution in [0.25, 0.3) is 0 Å². The third-order valence-electron chi connectivity index (χ3n) is 3.05. The summed E-state index contributed by atoms with van der Waals surface area (Å²) in [6, 6.07) is 4.84. The van der Waals surface area contributed by atoms with Gasteiger partial charge in [-0.25, -0.2) is 9.69 Å². The highest BCUT2D eigenvalue weighted by molar-refractivity contribution is 6.28. The van der Waals surface area contributed by atoms with E-state index in [9.17, 15) is 14.4 Å². The molecule has 1 saturated heterocycles. The van der Waals surface area contributed by atoms with Gasteiger partial charge in [0.25, 0.3) is 5.91 Å². The number of hydrogen-bond donors (Lipinski definition) is 0. The van der Waals surface area contributed by atoms with Gasteiger partial charge in [0.1, 0.15) is 6.61 Å². The number of ether oxygens (including phenoxy) is 1. The van der Waals surface area contributed by atoms with E-state index in [0.717, 1.165) is 10.5 Å². The van der Waals surface area contributed by atoms with Crippen LogP contribution in [0.15, 0.2) is 30.4 Å². The SMILES string of the molecule is C=C1CC(=O)N(c2ccc3c(c2)C(=O)OC3)C1=O. The molecule has 2 amide bonds. The Hall–Kier alpha value is -2.43. The maximum Gasteiger partial charge on any atom is 0.338 e. The fourth-order valence-electron chi connectivity index (χ4n) is 2.11. The maximum absolute atomic E-state index is 11.8. The van der Waals surface area contributed by atoms with E-state index in [0.29, 0.717) is 11.3 Å². The Morgan fingerprint density at radius 2 is 2.00 bits per heavy atom. The first-order valence-corrected chi connectivity index (χ1v) is 5.43. The summed E-state index contributed by atoms with van der Waals surface area (Å²) in [4.78, 5) is 36.0. The van der Waals surface area contributed by atoms with Crippen LogP contribution in [0.5, 0.6) is 0 Å². The Labute approximate surface area is 103 Å². The van der Waals surface area contributed by atoms with Gasteiger partial charge < -0.3 is 4.74 Å². The van der Waals surface area contributed by atoms with Crippen molar-refractivity contribution >= 4 is 23.5 Å². The molecule has 1 fully saturated rings. The topological polar surface area (TPSA) is 63.7 Å². The Balaban J connectivity index is 2.06. The molecule has 5 heteroatoms. The van der Waals surface area contributed by atoms with Crippen LogP contribution in [0.4, 0.5) is 5.69 Å². The summed E-state index contributed by atoms with van der Waals surface area (Å²) in [5.41, 5.74) is 1.83. The lowest BCUT2D eigenvalue weighted by molar-refractivity contribution is -0.120. The van der Waals surface area contributed by atoms with Crippen molar-refractivity contribution in [2.75, 3.05) is 4.90 Å². The molecular formula is C13H9NO4. The number of fused-ring (bicyclic) bond motifs is 1. The first-order valence-electron chi connectivity index (χ1n) is 5.43. The summed E-state index contributed by atoms with van der Waals surface area (Å²) in [5, 5.41) is 0. The molecule has 0 bridgehead atoms. The summed E-state index contributed by atoms with van der Waals surface area (Å²) in [6.07, 6.45) is 0.0281. The number of rotatable bonds is 1. The monoisotopic (exact) mass is 243 g/mol. The van der Waals surface area contributed by atoms with Crippen LogP contribution in [-0.4, -0.2) is 17.8 Å². The second-order valence-electron chi connectivity index (χ2n) is 4.23. The van der Waals surface area contributed by atoms with Gasteiger partial charge in [0, 0.05) is 11.1 Å². The van der Waals surface area contributed by atoms with Crippen molar-refractivity contribution in [3.05, 3.63) is 41.5 Å². The predicted octanol–water partition coefficient (Wildman–Crippen LogP) is 1.18. The zero-order chi connectivity index (χ0) is 12.9. The molecule has 1 aromatic carbocycles. The van der Waals surface area contributed by atoms with Crippen molar-refractivity contribution in [1.82, 2.24) is 0 Å². The van der Waals surface area contributed by atoms with E-state index in [1.807, 2.05) is 0 Å². The van der Waals surface area contributed by atoms with Gasteiger partial charge in [-0.2, -0.15) is 0 Å². The van der Waals surface area contributed by atoms with Crippen molar-refractivity contribution in [2.45, 2.75) is 13.0 Å². The maximum atomic E-state index is 11.8.